The van der Waals surface area contributed by atoms with Crippen LogP contribution in [0.4, 0.5) is 0 Å². The molecule has 1 N–H and O–H groups in total. The molecule has 0 aromatic heterocycles. The summed E-state index contributed by atoms with van der Waals surface area (Å²) in [6.07, 6.45) is 0.404. The molecule has 0 spiro atoms. The lowest BCUT2D eigenvalue weighted by Gasteiger charge is -2.04. The van der Waals surface area contributed by atoms with Gasteiger partial charge in [0.1, 0.15) is 6.73 Å². The summed E-state index contributed by atoms with van der Waals surface area (Å²) in [5.41, 5.74) is 0. The number of hydrogen-bond donors (Lipinski definition) is 1. The second-order valence-electron chi connectivity index (χ2n) is 2.18. The van der Waals surface area contributed by atoms with Crippen molar-refractivity contribution in [2.75, 3.05) is 26.6 Å². The Balaban J connectivity index is 3.10. The van der Waals surface area contributed by atoms with Crippen molar-refractivity contribution in [2.45, 2.75) is 20.3 Å². The molecule has 0 aromatic carbocycles. The van der Waals surface area contributed by atoms with Crippen LogP contribution in [0.1, 0.15) is 20.3 Å². The van der Waals surface area contributed by atoms with Gasteiger partial charge in [0.15, 0.2) is 0 Å². The van der Waals surface area contributed by atoms with E-state index >= 15 is 0 Å². The maximum absolute atomic E-state index is 10.9. The molecule has 0 rings (SSSR count). The van der Waals surface area contributed by atoms with Gasteiger partial charge in [-0.25, -0.2) is 0 Å². The second kappa shape index (κ2) is 8.49. The van der Waals surface area contributed by atoms with Gasteiger partial charge < -0.3 is 14.8 Å². The van der Waals surface area contributed by atoms with E-state index in [1.54, 1.807) is 0 Å². The zero-order chi connectivity index (χ0) is 9.23. The van der Waals surface area contributed by atoms with Gasteiger partial charge in [0.25, 0.3) is 0 Å². The lowest BCUT2D eigenvalue weighted by molar-refractivity contribution is -0.123. The molecule has 0 aliphatic carbocycles. The van der Waals surface area contributed by atoms with Gasteiger partial charge >= 0.3 is 0 Å². The van der Waals surface area contributed by atoms with Gasteiger partial charge in [-0.05, 0) is 13.8 Å². The number of amides is 1. The van der Waals surface area contributed by atoms with Gasteiger partial charge in [0.2, 0.25) is 5.91 Å². The van der Waals surface area contributed by atoms with Gasteiger partial charge in [-0.1, -0.05) is 0 Å². The summed E-state index contributed by atoms with van der Waals surface area (Å²) in [6, 6.07) is 0. The Hall–Kier alpha value is -0.610. The van der Waals surface area contributed by atoms with Crippen molar-refractivity contribution in [1.82, 2.24) is 5.32 Å². The summed E-state index contributed by atoms with van der Waals surface area (Å²) in [5, 5.41) is 2.60. The fourth-order valence-corrected chi connectivity index (χ4v) is 0.631. The first kappa shape index (κ1) is 11.4. The minimum Gasteiger partial charge on any atom is -0.381 e. The van der Waals surface area contributed by atoms with E-state index in [0.717, 1.165) is 0 Å². The van der Waals surface area contributed by atoms with E-state index in [4.69, 9.17) is 9.47 Å². The Morgan fingerprint density at radius 2 is 1.92 bits per heavy atom. The molecule has 72 valence electrons. The zero-order valence-corrected chi connectivity index (χ0v) is 7.76. The van der Waals surface area contributed by atoms with E-state index in [0.29, 0.717) is 33.0 Å². The Morgan fingerprint density at radius 3 is 2.50 bits per heavy atom. The highest BCUT2D eigenvalue weighted by Gasteiger charge is 1.98. The van der Waals surface area contributed by atoms with Crippen LogP contribution in [0.15, 0.2) is 0 Å². The third-order valence-electron chi connectivity index (χ3n) is 1.25. The quantitative estimate of drug-likeness (QED) is 0.453. The molecule has 0 unspecified atom stereocenters. The molecule has 4 nitrogen and oxygen atoms in total. The van der Waals surface area contributed by atoms with Crippen LogP contribution in [-0.2, 0) is 14.3 Å². The Morgan fingerprint density at radius 1 is 1.25 bits per heavy atom. The molecule has 0 fully saturated rings. The highest BCUT2D eigenvalue weighted by Crippen LogP contribution is 1.82. The largest absolute Gasteiger partial charge is 0.381 e. The number of carbonyl (C=O) groups is 1. The lowest BCUT2D eigenvalue weighted by atomic mass is 10.4. The SMILES string of the molecule is CCOCCC(=O)NCOCC. The summed E-state index contributed by atoms with van der Waals surface area (Å²) in [6.45, 7) is 5.82. The Kier molecular flexibility index (Phi) is 8.05. The van der Waals surface area contributed by atoms with Crippen LogP contribution in [0, 0.1) is 0 Å². The van der Waals surface area contributed by atoms with Crippen LogP contribution in [0.5, 0.6) is 0 Å². The standard InChI is InChI=1S/C8H17NO3/c1-3-11-6-5-8(10)9-7-12-4-2/h3-7H2,1-2H3,(H,9,10). The molecule has 0 bridgehead atoms. The van der Waals surface area contributed by atoms with Crippen LogP contribution >= 0.6 is 0 Å². The third kappa shape index (κ3) is 7.50. The molecule has 0 aromatic rings. The third-order valence-corrected chi connectivity index (χ3v) is 1.25. The van der Waals surface area contributed by atoms with Gasteiger partial charge in [-0.3, -0.25) is 4.79 Å². The van der Waals surface area contributed by atoms with Gasteiger partial charge in [0.05, 0.1) is 13.0 Å². The van der Waals surface area contributed by atoms with Crippen LogP contribution in [-0.4, -0.2) is 32.5 Å². The van der Waals surface area contributed by atoms with Crippen molar-refractivity contribution in [3.8, 4) is 0 Å². The lowest BCUT2D eigenvalue weighted by Crippen LogP contribution is -2.26. The van der Waals surface area contributed by atoms with Crippen molar-refractivity contribution in [1.29, 1.82) is 0 Å². The maximum Gasteiger partial charge on any atom is 0.224 e. The molecule has 0 heterocycles. The van der Waals surface area contributed by atoms with E-state index < -0.39 is 0 Å². The topological polar surface area (TPSA) is 47.6 Å². The summed E-state index contributed by atoms with van der Waals surface area (Å²) < 4.78 is 9.95. The summed E-state index contributed by atoms with van der Waals surface area (Å²) >= 11 is 0. The van der Waals surface area contributed by atoms with Crippen molar-refractivity contribution in [2.24, 2.45) is 0 Å². The van der Waals surface area contributed by atoms with Crippen molar-refractivity contribution in [3.63, 3.8) is 0 Å². The highest BCUT2D eigenvalue weighted by atomic mass is 16.5. The monoisotopic (exact) mass is 175 g/mol. The predicted molar refractivity (Wildman–Crippen MR) is 45.7 cm³/mol. The molecule has 0 aliphatic heterocycles. The molecular formula is C8H17NO3. The van der Waals surface area contributed by atoms with E-state index in [2.05, 4.69) is 5.32 Å². The predicted octanol–water partition coefficient (Wildman–Crippen LogP) is 0.523. The van der Waals surface area contributed by atoms with Crippen molar-refractivity contribution >= 4 is 5.91 Å². The Labute approximate surface area is 73.2 Å². The van der Waals surface area contributed by atoms with E-state index in [9.17, 15) is 4.79 Å². The number of ether oxygens (including phenoxy) is 2. The maximum atomic E-state index is 10.9. The van der Waals surface area contributed by atoms with E-state index in [1.807, 2.05) is 13.8 Å². The van der Waals surface area contributed by atoms with Gasteiger partial charge in [-0.15, -0.1) is 0 Å². The van der Waals surface area contributed by atoms with Gasteiger partial charge in [-0.2, -0.15) is 0 Å². The smallest absolute Gasteiger partial charge is 0.224 e. The molecular weight excluding hydrogens is 158 g/mol. The van der Waals surface area contributed by atoms with Crippen molar-refractivity contribution in [3.05, 3.63) is 0 Å². The molecule has 0 aliphatic rings. The first-order valence-electron chi connectivity index (χ1n) is 4.23. The Bertz CT molecular complexity index is 105. The molecule has 1 amide bonds. The number of carbonyl (C=O) groups excluding carboxylic acids is 1. The average molecular weight is 175 g/mol. The fraction of sp³-hybridized carbons (Fsp3) is 0.875. The molecule has 4 heteroatoms. The van der Waals surface area contributed by atoms with Crippen LogP contribution in [0.25, 0.3) is 0 Å². The molecule has 0 radical (unpaired) electrons. The summed E-state index contributed by atoms with van der Waals surface area (Å²) in [7, 11) is 0. The fourth-order valence-electron chi connectivity index (χ4n) is 0.631. The van der Waals surface area contributed by atoms with E-state index in [1.165, 1.54) is 0 Å². The first-order chi connectivity index (χ1) is 5.81. The summed E-state index contributed by atoms with van der Waals surface area (Å²) in [4.78, 5) is 10.9. The van der Waals surface area contributed by atoms with Crippen LogP contribution < -0.4 is 5.32 Å². The zero-order valence-electron chi connectivity index (χ0n) is 7.76. The van der Waals surface area contributed by atoms with E-state index in [-0.39, 0.29) is 5.91 Å². The normalized spacial score (nSPS) is 9.83. The minimum absolute atomic E-state index is 0.0306. The second-order valence-corrected chi connectivity index (χ2v) is 2.18. The van der Waals surface area contributed by atoms with Crippen LogP contribution in [0.3, 0.4) is 0 Å². The number of nitrogens with one attached hydrogen (secondary N) is 1. The minimum atomic E-state index is -0.0306. The number of hydrogen-bond acceptors (Lipinski definition) is 3. The highest BCUT2D eigenvalue weighted by molar-refractivity contribution is 5.75. The summed E-state index contributed by atoms with van der Waals surface area (Å²) in [5.74, 6) is -0.0306. The molecule has 0 atom stereocenters. The molecule has 0 saturated heterocycles. The first-order valence-corrected chi connectivity index (χ1v) is 4.23. The molecule has 0 saturated carbocycles. The molecule has 12 heavy (non-hydrogen) atoms. The van der Waals surface area contributed by atoms with Crippen molar-refractivity contribution < 1.29 is 14.3 Å². The number of rotatable bonds is 7. The van der Waals surface area contributed by atoms with Gasteiger partial charge in [0, 0.05) is 13.2 Å². The average Bonchev–Trinajstić information content (AvgIpc) is 2.06. The van der Waals surface area contributed by atoms with Crippen LogP contribution in [0.2, 0.25) is 0 Å².